The van der Waals surface area contributed by atoms with Crippen LogP contribution in [0.25, 0.3) is 0 Å². The third kappa shape index (κ3) is 5.11. The van der Waals surface area contributed by atoms with Crippen molar-refractivity contribution in [3.63, 3.8) is 0 Å². The largest absolute Gasteiger partial charge is 0.465 e. The average molecular weight is 428 g/mol. The lowest BCUT2D eigenvalue weighted by Crippen LogP contribution is -2.25. The van der Waals surface area contributed by atoms with Gasteiger partial charge in [-0.15, -0.1) is 11.3 Å². The Morgan fingerprint density at radius 2 is 2.07 bits per heavy atom. The number of carbonyl (C=O) groups is 3. The summed E-state index contributed by atoms with van der Waals surface area (Å²) in [7, 11) is 1.26. The number of ether oxygens (including phenoxy) is 2. The molecule has 0 saturated heterocycles. The lowest BCUT2D eigenvalue weighted by Gasteiger charge is -2.12. The van der Waals surface area contributed by atoms with Crippen LogP contribution in [0.2, 0.25) is 5.02 Å². The highest BCUT2D eigenvalue weighted by molar-refractivity contribution is 7.18. The standard InChI is InChI=1S/C18H22ClN3O5S/c1-5-6-27-17(24)13-11(3)14(18(25)26-4)28-16(13)21-15(23)10(2)8-22-9-12(19)7-20-22/h7,9-10H,5-6,8H2,1-4H3,(H,21,23). The molecule has 0 spiro atoms. The molecule has 2 rings (SSSR count). The van der Waals surface area contributed by atoms with Crippen molar-refractivity contribution in [3.05, 3.63) is 33.4 Å². The van der Waals surface area contributed by atoms with Crippen LogP contribution in [0.5, 0.6) is 0 Å². The molecule has 152 valence electrons. The first kappa shape index (κ1) is 21.9. The summed E-state index contributed by atoms with van der Waals surface area (Å²) in [6, 6.07) is 0. The topological polar surface area (TPSA) is 99.5 Å². The Morgan fingerprint density at radius 3 is 2.64 bits per heavy atom. The van der Waals surface area contributed by atoms with Gasteiger partial charge in [-0.25, -0.2) is 9.59 Å². The Hall–Kier alpha value is -2.39. The maximum Gasteiger partial charge on any atom is 0.348 e. The van der Waals surface area contributed by atoms with E-state index in [-0.39, 0.29) is 28.0 Å². The van der Waals surface area contributed by atoms with Gasteiger partial charge in [-0.1, -0.05) is 25.4 Å². The fraction of sp³-hybridized carbons (Fsp3) is 0.444. The van der Waals surface area contributed by atoms with Crippen molar-refractivity contribution in [2.75, 3.05) is 19.0 Å². The van der Waals surface area contributed by atoms with Gasteiger partial charge in [0.1, 0.15) is 9.88 Å². The van der Waals surface area contributed by atoms with E-state index in [0.717, 1.165) is 11.3 Å². The molecule has 1 unspecified atom stereocenters. The molecule has 1 N–H and O–H groups in total. The Morgan fingerprint density at radius 1 is 1.36 bits per heavy atom. The van der Waals surface area contributed by atoms with E-state index in [1.54, 1.807) is 24.7 Å². The van der Waals surface area contributed by atoms with Crippen molar-refractivity contribution >= 4 is 45.8 Å². The number of amides is 1. The highest BCUT2D eigenvalue weighted by atomic mass is 35.5. The number of rotatable bonds is 8. The van der Waals surface area contributed by atoms with Crippen LogP contribution in [-0.2, 0) is 20.8 Å². The maximum absolute atomic E-state index is 12.6. The van der Waals surface area contributed by atoms with Crippen LogP contribution in [0, 0.1) is 12.8 Å². The monoisotopic (exact) mass is 427 g/mol. The molecule has 8 nitrogen and oxygen atoms in total. The minimum Gasteiger partial charge on any atom is -0.465 e. The minimum absolute atomic E-state index is 0.168. The zero-order valence-corrected chi connectivity index (χ0v) is 17.6. The number of anilines is 1. The number of halogens is 1. The van der Waals surface area contributed by atoms with Crippen molar-refractivity contribution in [2.24, 2.45) is 5.92 Å². The van der Waals surface area contributed by atoms with Crippen LogP contribution in [0.3, 0.4) is 0 Å². The molecule has 1 atom stereocenters. The second-order valence-electron chi connectivity index (χ2n) is 6.16. The van der Waals surface area contributed by atoms with E-state index in [9.17, 15) is 14.4 Å². The number of esters is 2. The van der Waals surface area contributed by atoms with Gasteiger partial charge in [0, 0.05) is 6.20 Å². The van der Waals surface area contributed by atoms with E-state index in [4.69, 9.17) is 21.1 Å². The summed E-state index contributed by atoms with van der Waals surface area (Å²) in [5.41, 5.74) is 0.585. The zero-order chi connectivity index (χ0) is 20.8. The van der Waals surface area contributed by atoms with E-state index in [1.807, 2.05) is 6.92 Å². The van der Waals surface area contributed by atoms with Crippen LogP contribution in [0.4, 0.5) is 5.00 Å². The maximum atomic E-state index is 12.6. The van der Waals surface area contributed by atoms with Crippen LogP contribution in [0.1, 0.15) is 45.9 Å². The van der Waals surface area contributed by atoms with Crippen molar-refractivity contribution < 1.29 is 23.9 Å². The SMILES string of the molecule is CCCOC(=O)c1c(NC(=O)C(C)Cn2cc(Cl)cn2)sc(C(=O)OC)c1C. The smallest absolute Gasteiger partial charge is 0.348 e. The summed E-state index contributed by atoms with van der Waals surface area (Å²) >= 11 is 6.82. The molecule has 1 amide bonds. The number of carbonyl (C=O) groups excluding carboxylic acids is 3. The molecule has 0 fully saturated rings. The van der Waals surface area contributed by atoms with E-state index < -0.39 is 17.9 Å². The Balaban J connectivity index is 2.25. The van der Waals surface area contributed by atoms with Gasteiger partial charge in [-0.05, 0) is 18.9 Å². The van der Waals surface area contributed by atoms with E-state index in [1.165, 1.54) is 13.3 Å². The second kappa shape index (κ2) is 9.70. The number of methoxy groups -OCH3 is 1. The van der Waals surface area contributed by atoms with Gasteiger partial charge in [0.25, 0.3) is 0 Å². The van der Waals surface area contributed by atoms with Crippen LogP contribution >= 0.6 is 22.9 Å². The molecule has 28 heavy (non-hydrogen) atoms. The lowest BCUT2D eigenvalue weighted by atomic mass is 10.1. The molecule has 10 heteroatoms. The van der Waals surface area contributed by atoms with Gasteiger partial charge in [0.2, 0.25) is 5.91 Å². The summed E-state index contributed by atoms with van der Waals surface area (Å²) < 4.78 is 11.5. The van der Waals surface area contributed by atoms with E-state index in [0.29, 0.717) is 23.6 Å². The molecule has 0 saturated carbocycles. The van der Waals surface area contributed by atoms with Crippen LogP contribution in [-0.4, -0.2) is 41.3 Å². The highest BCUT2D eigenvalue weighted by Crippen LogP contribution is 2.34. The molecule has 0 aliphatic carbocycles. The number of nitrogens with one attached hydrogen (secondary N) is 1. The Kier molecular flexibility index (Phi) is 7.59. The van der Waals surface area contributed by atoms with E-state index >= 15 is 0 Å². The first-order valence-electron chi connectivity index (χ1n) is 8.66. The van der Waals surface area contributed by atoms with Crippen molar-refractivity contribution in [1.82, 2.24) is 9.78 Å². The van der Waals surface area contributed by atoms with Gasteiger partial charge in [-0.2, -0.15) is 5.10 Å². The van der Waals surface area contributed by atoms with E-state index in [2.05, 4.69) is 10.4 Å². The number of hydrogen-bond donors (Lipinski definition) is 1. The third-order valence-corrected chi connectivity index (χ3v) is 5.29. The van der Waals surface area contributed by atoms with Gasteiger partial charge < -0.3 is 14.8 Å². The lowest BCUT2D eigenvalue weighted by molar-refractivity contribution is -0.119. The van der Waals surface area contributed by atoms with Gasteiger partial charge in [-0.3, -0.25) is 9.48 Å². The summed E-state index contributed by atoms with van der Waals surface area (Å²) in [5.74, 6) is -1.95. The number of thiophene rings is 1. The molecular formula is C18H22ClN3O5S. The van der Waals surface area contributed by atoms with Crippen molar-refractivity contribution in [2.45, 2.75) is 33.7 Å². The Labute approximate surface area is 171 Å². The Bertz CT molecular complexity index is 877. The first-order chi connectivity index (χ1) is 13.3. The molecule has 2 aromatic rings. The van der Waals surface area contributed by atoms with Gasteiger partial charge >= 0.3 is 11.9 Å². The molecule has 0 aliphatic heterocycles. The fourth-order valence-corrected chi connectivity index (χ4v) is 3.71. The zero-order valence-electron chi connectivity index (χ0n) is 16.1. The normalized spacial score (nSPS) is 11.8. The predicted molar refractivity (Wildman–Crippen MR) is 106 cm³/mol. The van der Waals surface area contributed by atoms with Gasteiger partial charge in [0.05, 0.1) is 43.0 Å². The molecule has 0 radical (unpaired) electrons. The van der Waals surface area contributed by atoms with Crippen LogP contribution < -0.4 is 5.32 Å². The number of nitrogens with zero attached hydrogens (tertiary/aromatic N) is 2. The summed E-state index contributed by atoms with van der Waals surface area (Å²) in [4.78, 5) is 37.3. The van der Waals surface area contributed by atoms with Crippen molar-refractivity contribution in [1.29, 1.82) is 0 Å². The average Bonchev–Trinajstić information content (AvgIpc) is 3.21. The van der Waals surface area contributed by atoms with Crippen molar-refractivity contribution in [3.8, 4) is 0 Å². The molecular weight excluding hydrogens is 406 g/mol. The molecule has 2 aromatic heterocycles. The second-order valence-corrected chi connectivity index (χ2v) is 7.62. The highest BCUT2D eigenvalue weighted by Gasteiger charge is 2.28. The molecule has 0 bridgehead atoms. The summed E-state index contributed by atoms with van der Waals surface area (Å²) in [5, 5.41) is 7.52. The summed E-state index contributed by atoms with van der Waals surface area (Å²) in [6.07, 6.45) is 3.76. The fourth-order valence-electron chi connectivity index (χ4n) is 2.44. The minimum atomic E-state index is -0.590. The van der Waals surface area contributed by atoms with Gasteiger partial charge in [0.15, 0.2) is 0 Å². The van der Waals surface area contributed by atoms with Crippen LogP contribution in [0.15, 0.2) is 12.4 Å². The first-order valence-corrected chi connectivity index (χ1v) is 9.85. The quantitative estimate of drug-likeness (QED) is 0.647. The number of hydrogen-bond acceptors (Lipinski definition) is 7. The molecule has 0 aliphatic rings. The molecule has 0 aromatic carbocycles. The predicted octanol–water partition coefficient (Wildman–Crippen LogP) is 3.53. The third-order valence-electron chi connectivity index (χ3n) is 3.91. The summed E-state index contributed by atoms with van der Waals surface area (Å²) in [6.45, 7) is 5.77. The number of aromatic nitrogens is 2. The molecule has 2 heterocycles.